The van der Waals surface area contributed by atoms with Crippen molar-refractivity contribution in [3.8, 4) is 11.5 Å². The number of methoxy groups -OCH3 is 1. The molecule has 132 valence electrons. The van der Waals surface area contributed by atoms with Gasteiger partial charge >= 0.3 is 5.97 Å². The molecule has 1 N–H and O–H groups in total. The van der Waals surface area contributed by atoms with Gasteiger partial charge in [0.15, 0.2) is 11.5 Å². The van der Waals surface area contributed by atoms with E-state index in [1.165, 1.54) is 12.8 Å². The van der Waals surface area contributed by atoms with Crippen LogP contribution in [0, 0.1) is 0 Å². The molecule has 3 rings (SSSR count). The Morgan fingerprint density at radius 2 is 1.80 bits per heavy atom. The number of benzene rings is 2. The molecule has 0 heterocycles. The Balaban J connectivity index is 1.93. The van der Waals surface area contributed by atoms with Gasteiger partial charge in [0, 0.05) is 5.92 Å². The molecule has 1 atom stereocenters. The Kier molecular flexibility index (Phi) is 5.59. The van der Waals surface area contributed by atoms with Crippen LogP contribution in [0.2, 0.25) is 0 Å². The molecule has 4 heteroatoms. The van der Waals surface area contributed by atoms with Crippen LogP contribution in [0.5, 0.6) is 11.5 Å². The van der Waals surface area contributed by atoms with Crippen LogP contribution in [0.25, 0.3) is 0 Å². The molecular formula is C21H24O4. The highest BCUT2D eigenvalue weighted by Gasteiger charge is 2.22. The van der Waals surface area contributed by atoms with E-state index < -0.39 is 5.97 Å². The van der Waals surface area contributed by atoms with Crippen molar-refractivity contribution in [3.05, 3.63) is 59.7 Å². The number of carbonyl (C=O) groups is 1. The first-order chi connectivity index (χ1) is 12.2. The van der Waals surface area contributed by atoms with E-state index in [0.717, 1.165) is 24.0 Å². The Bertz CT molecular complexity index is 705. The van der Waals surface area contributed by atoms with Crippen LogP contribution in [-0.4, -0.2) is 24.3 Å². The number of ether oxygens (including phenoxy) is 2. The molecule has 0 bridgehead atoms. The topological polar surface area (TPSA) is 55.8 Å². The van der Waals surface area contributed by atoms with Crippen molar-refractivity contribution in [2.45, 2.75) is 44.1 Å². The molecule has 0 amide bonds. The SMILES string of the molecule is COc1ccc(C(CC(=O)O)c2ccccc2)cc1OC1CCCC1. The van der Waals surface area contributed by atoms with Gasteiger partial charge in [0.25, 0.3) is 0 Å². The molecule has 0 aromatic heterocycles. The van der Waals surface area contributed by atoms with Gasteiger partial charge in [0.1, 0.15) is 0 Å². The van der Waals surface area contributed by atoms with Crippen LogP contribution in [0.4, 0.5) is 0 Å². The summed E-state index contributed by atoms with van der Waals surface area (Å²) in [7, 11) is 1.63. The van der Waals surface area contributed by atoms with Crippen molar-refractivity contribution in [2.75, 3.05) is 7.11 Å². The van der Waals surface area contributed by atoms with E-state index in [2.05, 4.69) is 0 Å². The average Bonchev–Trinajstić information content (AvgIpc) is 3.13. The minimum Gasteiger partial charge on any atom is -0.493 e. The summed E-state index contributed by atoms with van der Waals surface area (Å²) >= 11 is 0. The molecule has 1 saturated carbocycles. The number of carboxylic acids is 1. The lowest BCUT2D eigenvalue weighted by atomic mass is 9.88. The average molecular weight is 340 g/mol. The second-order valence-electron chi connectivity index (χ2n) is 6.50. The van der Waals surface area contributed by atoms with Gasteiger partial charge in [-0.05, 0) is 48.9 Å². The highest BCUT2D eigenvalue weighted by atomic mass is 16.5. The van der Waals surface area contributed by atoms with E-state index in [9.17, 15) is 9.90 Å². The molecule has 4 nitrogen and oxygen atoms in total. The maximum absolute atomic E-state index is 11.4. The fraction of sp³-hybridized carbons (Fsp3) is 0.381. The largest absolute Gasteiger partial charge is 0.493 e. The predicted octanol–water partition coefficient (Wildman–Crippen LogP) is 4.62. The smallest absolute Gasteiger partial charge is 0.304 e. The highest BCUT2D eigenvalue weighted by Crippen LogP contribution is 2.37. The van der Waals surface area contributed by atoms with Gasteiger partial charge in [-0.25, -0.2) is 0 Å². The summed E-state index contributed by atoms with van der Waals surface area (Å²) in [6.07, 6.45) is 4.77. The molecule has 0 saturated heterocycles. The minimum absolute atomic E-state index is 0.0409. The van der Waals surface area contributed by atoms with Crippen LogP contribution in [-0.2, 0) is 4.79 Å². The van der Waals surface area contributed by atoms with Gasteiger partial charge < -0.3 is 14.6 Å². The number of hydrogen-bond donors (Lipinski definition) is 1. The third-order valence-corrected chi connectivity index (χ3v) is 4.77. The fourth-order valence-electron chi connectivity index (χ4n) is 3.48. The molecule has 2 aromatic rings. The van der Waals surface area contributed by atoms with Crippen LogP contribution < -0.4 is 9.47 Å². The molecule has 1 fully saturated rings. The summed E-state index contributed by atoms with van der Waals surface area (Å²) < 4.78 is 11.6. The molecule has 2 aromatic carbocycles. The quantitative estimate of drug-likeness (QED) is 0.799. The lowest BCUT2D eigenvalue weighted by molar-refractivity contribution is -0.137. The number of carboxylic acid groups (broad SMARTS) is 1. The zero-order valence-corrected chi connectivity index (χ0v) is 14.5. The summed E-state index contributed by atoms with van der Waals surface area (Å²) in [5, 5.41) is 9.35. The van der Waals surface area contributed by atoms with Crippen molar-refractivity contribution in [1.29, 1.82) is 0 Å². The van der Waals surface area contributed by atoms with Gasteiger partial charge in [-0.3, -0.25) is 4.79 Å². The minimum atomic E-state index is -0.817. The first-order valence-corrected chi connectivity index (χ1v) is 8.78. The standard InChI is InChI=1S/C21H24O4/c1-24-19-12-11-16(13-20(19)25-17-9-5-6-10-17)18(14-21(22)23)15-7-3-2-4-8-15/h2-4,7-8,11-13,17-18H,5-6,9-10,14H2,1H3,(H,22,23). The zero-order valence-electron chi connectivity index (χ0n) is 14.5. The molecule has 0 spiro atoms. The van der Waals surface area contributed by atoms with Gasteiger partial charge in [0.2, 0.25) is 0 Å². The van der Waals surface area contributed by atoms with Gasteiger partial charge in [0.05, 0.1) is 19.6 Å². The third kappa shape index (κ3) is 4.32. The van der Waals surface area contributed by atoms with Crippen molar-refractivity contribution >= 4 is 5.97 Å². The molecule has 1 aliphatic carbocycles. The number of hydrogen-bond acceptors (Lipinski definition) is 3. The van der Waals surface area contributed by atoms with Crippen molar-refractivity contribution in [1.82, 2.24) is 0 Å². The lowest BCUT2D eigenvalue weighted by Gasteiger charge is -2.20. The molecule has 1 aliphatic rings. The highest BCUT2D eigenvalue weighted by molar-refractivity contribution is 5.69. The van der Waals surface area contributed by atoms with Gasteiger partial charge in [-0.15, -0.1) is 0 Å². The summed E-state index contributed by atoms with van der Waals surface area (Å²) in [6.45, 7) is 0. The Morgan fingerprint density at radius 1 is 1.08 bits per heavy atom. The van der Waals surface area contributed by atoms with E-state index in [1.807, 2.05) is 48.5 Å². The lowest BCUT2D eigenvalue weighted by Crippen LogP contribution is -2.13. The Hall–Kier alpha value is -2.49. The molecule has 0 aliphatic heterocycles. The van der Waals surface area contributed by atoms with Gasteiger partial charge in [-0.1, -0.05) is 36.4 Å². The van der Waals surface area contributed by atoms with Crippen LogP contribution in [0.3, 0.4) is 0 Å². The summed E-state index contributed by atoms with van der Waals surface area (Å²) in [5.74, 6) is 0.370. The van der Waals surface area contributed by atoms with Crippen LogP contribution >= 0.6 is 0 Å². The van der Waals surface area contributed by atoms with E-state index in [0.29, 0.717) is 11.5 Å². The fourth-order valence-corrected chi connectivity index (χ4v) is 3.48. The number of aliphatic carboxylic acids is 1. The van der Waals surface area contributed by atoms with E-state index >= 15 is 0 Å². The predicted molar refractivity (Wildman–Crippen MR) is 96.4 cm³/mol. The summed E-state index contributed by atoms with van der Waals surface area (Å²) in [4.78, 5) is 11.4. The first-order valence-electron chi connectivity index (χ1n) is 8.78. The second-order valence-corrected chi connectivity index (χ2v) is 6.50. The summed E-state index contributed by atoms with van der Waals surface area (Å²) in [6, 6.07) is 15.5. The van der Waals surface area contributed by atoms with E-state index in [-0.39, 0.29) is 18.4 Å². The van der Waals surface area contributed by atoms with E-state index in [1.54, 1.807) is 7.11 Å². The molecule has 1 unspecified atom stereocenters. The maximum Gasteiger partial charge on any atom is 0.304 e. The Labute approximate surface area is 148 Å². The first kappa shape index (κ1) is 17.3. The van der Waals surface area contributed by atoms with Gasteiger partial charge in [-0.2, -0.15) is 0 Å². The van der Waals surface area contributed by atoms with Crippen LogP contribution in [0.15, 0.2) is 48.5 Å². The number of rotatable bonds is 7. The monoisotopic (exact) mass is 340 g/mol. The summed E-state index contributed by atoms with van der Waals surface area (Å²) in [5.41, 5.74) is 1.92. The van der Waals surface area contributed by atoms with E-state index in [4.69, 9.17) is 9.47 Å². The molecule has 25 heavy (non-hydrogen) atoms. The Morgan fingerprint density at radius 3 is 2.44 bits per heavy atom. The second kappa shape index (κ2) is 8.06. The molecule has 0 radical (unpaired) electrons. The maximum atomic E-state index is 11.4. The molecular weight excluding hydrogens is 316 g/mol. The van der Waals surface area contributed by atoms with Crippen LogP contribution in [0.1, 0.15) is 49.1 Å². The third-order valence-electron chi connectivity index (χ3n) is 4.77. The normalized spacial score (nSPS) is 15.7. The zero-order chi connectivity index (χ0) is 17.6. The van der Waals surface area contributed by atoms with Crippen molar-refractivity contribution in [3.63, 3.8) is 0 Å². The van der Waals surface area contributed by atoms with Crippen molar-refractivity contribution in [2.24, 2.45) is 0 Å². The van der Waals surface area contributed by atoms with Crippen molar-refractivity contribution < 1.29 is 19.4 Å².